The van der Waals surface area contributed by atoms with E-state index in [4.69, 9.17) is 4.74 Å². The summed E-state index contributed by atoms with van der Waals surface area (Å²) >= 11 is 0. The number of nitrogens with zero attached hydrogens (tertiary/aromatic N) is 1. The average Bonchev–Trinajstić information content (AvgIpc) is 2.56. The molecule has 2 amide bonds. The van der Waals surface area contributed by atoms with Crippen molar-refractivity contribution in [2.75, 3.05) is 23.4 Å². The molecule has 6 heteroatoms. The molecule has 0 bridgehead atoms. The van der Waals surface area contributed by atoms with E-state index >= 15 is 0 Å². The van der Waals surface area contributed by atoms with Crippen LogP contribution >= 0.6 is 0 Å². The van der Waals surface area contributed by atoms with Crippen LogP contribution in [0.3, 0.4) is 0 Å². The van der Waals surface area contributed by atoms with E-state index in [1.54, 1.807) is 35.2 Å². The number of carbonyl (C=O) groups is 2. The normalized spacial score (nSPS) is 13.2. The van der Waals surface area contributed by atoms with Gasteiger partial charge in [-0.15, -0.1) is 0 Å². The Hall–Kier alpha value is -3.02. The van der Waals surface area contributed by atoms with Crippen molar-refractivity contribution in [1.29, 1.82) is 0 Å². The predicted octanol–water partition coefficient (Wildman–Crippen LogP) is 2.15. The third-order valence-corrected chi connectivity index (χ3v) is 3.55. The van der Waals surface area contributed by atoms with E-state index < -0.39 is 0 Å². The van der Waals surface area contributed by atoms with Crippen LogP contribution < -0.4 is 15.0 Å². The summed E-state index contributed by atoms with van der Waals surface area (Å²) in [6.07, 6.45) is 0.119. The lowest BCUT2D eigenvalue weighted by Crippen LogP contribution is -2.40. The average molecular weight is 312 g/mol. The second-order valence-corrected chi connectivity index (χ2v) is 5.12. The number of amides is 2. The number of phenolic OH excluding ortho intramolecular Hbond substituents is 1. The Bertz CT molecular complexity index is 745. The highest BCUT2D eigenvalue weighted by atomic mass is 16.5. The molecular weight excluding hydrogens is 296 g/mol. The second kappa shape index (κ2) is 6.39. The number of rotatable bonds is 4. The van der Waals surface area contributed by atoms with Crippen molar-refractivity contribution in [3.05, 3.63) is 48.5 Å². The number of nitrogens with one attached hydrogen (secondary N) is 1. The molecule has 2 aromatic rings. The van der Waals surface area contributed by atoms with Crippen LogP contribution in [0.25, 0.3) is 0 Å². The Kier molecular flexibility index (Phi) is 4.14. The smallest absolute Gasteiger partial charge is 0.265 e. The first kappa shape index (κ1) is 14.9. The Morgan fingerprint density at radius 3 is 2.74 bits per heavy atom. The van der Waals surface area contributed by atoms with Gasteiger partial charge in [-0.2, -0.15) is 0 Å². The maximum atomic E-state index is 12.0. The molecule has 0 atom stereocenters. The summed E-state index contributed by atoms with van der Waals surface area (Å²) in [4.78, 5) is 25.6. The zero-order valence-electron chi connectivity index (χ0n) is 12.4. The largest absolute Gasteiger partial charge is 0.506 e. The molecule has 3 rings (SSSR count). The first-order valence-electron chi connectivity index (χ1n) is 7.25. The fourth-order valence-corrected chi connectivity index (χ4v) is 2.40. The highest BCUT2D eigenvalue weighted by Crippen LogP contribution is 2.31. The molecular formula is C17H16N2O4. The van der Waals surface area contributed by atoms with Gasteiger partial charge in [0, 0.05) is 13.0 Å². The van der Waals surface area contributed by atoms with Crippen LogP contribution in [-0.4, -0.2) is 30.1 Å². The number of aromatic hydroxyl groups is 1. The molecule has 0 saturated heterocycles. The van der Waals surface area contributed by atoms with Crippen molar-refractivity contribution in [3.63, 3.8) is 0 Å². The van der Waals surface area contributed by atoms with Crippen LogP contribution in [0.15, 0.2) is 48.5 Å². The molecule has 1 aliphatic heterocycles. The summed E-state index contributed by atoms with van der Waals surface area (Å²) < 4.78 is 5.36. The quantitative estimate of drug-likeness (QED) is 0.848. The molecule has 0 spiro atoms. The molecule has 6 nitrogen and oxygen atoms in total. The molecule has 2 N–H and O–H groups in total. The third-order valence-electron chi connectivity index (χ3n) is 3.55. The summed E-state index contributed by atoms with van der Waals surface area (Å²) in [7, 11) is 0. The minimum atomic E-state index is -0.275. The van der Waals surface area contributed by atoms with Crippen LogP contribution in [0.4, 0.5) is 11.4 Å². The zero-order valence-corrected chi connectivity index (χ0v) is 12.4. The standard InChI is InChI=1S/C17H16N2O4/c20-14-7-3-1-5-12(14)18-16(21)9-10-19-13-6-2-4-8-15(13)23-11-17(19)22/h1-8,20H,9-11H2,(H,18,21). The highest BCUT2D eigenvalue weighted by molar-refractivity contribution is 5.99. The van der Waals surface area contributed by atoms with Crippen molar-refractivity contribution < 1.29 is 19.4 Å². The van der Waals surface area contributed by atoms with E-state index in [0.29, 0.717) is 17.1 Å². The lowest BCUT2D eigenvalue weighted by molar-refractivity contribution is -0.121. The van der Waals surface area contributed by atoms with E-state index in [9.17, 15) is 14.7 Å². The Balaban J connectivity index is 1.65. The van der Waals surface area contributed by atoms with Crippen LogP contribution in [0.2, 0.25) is 0 Å². The van der Waals surface area contributed by atoms with Crippen LogP contribution in [0.1, 0.15) is 6.42 Å². The summed E-state index contributed by atoms with van der Waals surface area (Å²) in [5.41, 5.74) is 1.02. The molecule has 0 fully saturated rings. The van der Waals surface area contributed by atoms with Gasteiger partial charge in [-0.25, -0.2) is 0 Å². The molecule has 118 valence electrons. The summed E-state index contributed by atoms with van der Waals surface area (Å²) in [5.74, 6) is 0.184. The number of hydrogen-bond acceptors (Lipinski definition) is 4. The number of benzene rings is 2. The van der Waals surface area contributed by atoms with Gasteiger partial charge in [0.05, 0.1) is 11.4 Å². The molecule has 0 saturated carbocycles. The van der Waals surface area contributed by atoms with Gasteiger partial charge in [0.25, 0.3) is 5.91 Å². The van der Waals surface area contributed by atoms with Crippen LogP contribution in [-0.2, 0) is 9.59 Å². The maximum absolute atomic E-state index is 12.0. The Morgan fingerprint density at radius 2 is 1.91 bits per heavy atom. The molecule has 0 radical (unpaired) electrons. The SMILES string of the molecule is O=C(CCN1C(=O)COc2ccccc21)Nc1ccccc1O. The number of anilines is 2. The number of hydrogen-bond donors (Lipinski definition) is 2. The minimum Gasteiger partial charge on any atom is -0.506 e. The molecule has 1 heterocycles. The number of carbonyl (C=O) groups excluding carboxylic acids is 2. The summed E-state index contributed by atoms with van der Waals surface area (Å²) in [6.45, 7) is 0.219. The Morgan fingerprint density at radius 1 is 1.17 bits per heavy atom. The monoisotopic (exact) mass is 312 g/mol. The molecule has 23 heavy (non-hydrogen) atoms. The first-order valence-corrected chi connectivity index (χ1v) is 7.25. The molecule has 2 aromatic carbocycles. The van der Waals surface area contributed by atoms with Crippen molar-refractivity contribution in [3.8, 4) is 11.5 Å². The number of ether oxygens (including phenoxy) is 1. The fourth-order valence-electron chi connectivity index (χ4n) is 2.40. The number of fused-ring (bicyclic) bond motifs is 1. The topological polar surface area (TPSA) is 78.9 Å². The van der Waals surface area contributed by atoms with E-state index in [0.717, 1.165) is 0 Å². The van der Waals surface area contributed by atoms with Gasteiger partial charge >= 0.3 is 0 Å². The molecule has 0 aromatic heterocycles. The lowest BCUT2D eigenvalue weighted by Gasteiger charge is -2.29. The van der Waals surface area contributed by atoms with Crippen molar-refractivity contribution >= 4 is 23.2 Å². The van der Waals surface area contributed by atoms with Gasteiger partial charge < -0.3 is 20.1 Å². The zero-order chi connectivity index (χ0) is 16.2. The summed E-state index contributed by atoms with van der Waals surface area (Å²) in [5, 5.41) is 12.3. The van der Waals surface area contributed by atoms with Crippen molar-refractivity contribution in [1.82, 2.24) is 0 Å². The maximum Gasteiger partial charge on any atom is 0.265 e. The predicted molar refractivity (Wildman–Crippen MR) is 85.6 cm³/mol. The molecule has 0 aliphatic carbocycles. The van der Waals surface area contributed by atoms with Crippen LogP contribution in [0.5, 0.6) is 11.5 Å². The van der Waals surface area contributed by atoms with Crippen LogP contribution in [0, 0.1) is 0 Å². The number of para-hydroxylation sites is 4. The Labute approximate surface area is 133 Å². The minimum absolute atomic E-state index is 0.00800. The number of phenols is 1. The molecule has 0 unspecified atom stereocenters. The highest BCUT2D eigenvalue weighted by Gasteiger charge is 2.25. The van der Waals surface area contributed by atoms with Crippen molar-refractivity contribution in [2.45, 2.75) is 6.42 Å². The fraction of sp³-hybridized carbons (Fsp3) is 0.176. The molecule has 1 aliphatic rings. The lowest BCUT2D eigenvalue weighted by atomic mass is 10.2. The van der Waals surface area contributed by atoms with Gasteiger partial charge in [0.2, 0.25) is 5.91 Å². The van der Waals surface area contributed by atoms with Crippen molar-refractivity contribution in [2.24, 2.45) is 0 Å². The van der Waals surface area contributed by atoms with E-state index in [1.807, 2.05) is 12.1 Å². The third kappa shape index (κ3) is 3.26. The first-order chi connectivity index (χ1) is 11.1. The second-order valence-electron chi connectivity index (χ2n) is 5.12. The van der Waals surface area contributed by atoms with Gasteiger partial charge in [-0.3, -0.25) is 9.59 Å². The van der Waals surface area contributed by atoms with E-state index in [1.165, 1.54) is 6.07 Å². The van der Waals surface area contributed by atoms with Gasteiger partial charge in [-0.05, 0) is 24.3 Å². The van der Waals surface area contributed by atoms with Gasteiger partial charge in [0.1, 0.15) is 11.5 Å². The van der Waals surface area contributed by atoms with Gasteiger partial charge in [-0.1, -0.05) is 24.3 Å². The van der Waals surface area contributed by atoms with E-state index in [2.05, 4.69) is 5.32 Å². The van der Waals surface area contributed by atoms with E-state index in [-0.39, 0.29) is 37.1 Å². The summed E-state index contributed by atoms with van der Waals surface area (Å²) in [6, 6.07) is 13.7. The van der Waals surface area contributed by atoms with Gasteiger partial charge in [0.15, 0.2) is 6.61 Å².